The molecule has 1 aromatic heterocycles. The van der Waals surface area contributed by atoms with Gasteiger partial charge in [0.25, 0.3) is 0 Å². The highest BCUT2D eigenvalue weighted by Crippen LogP contribution is 2.27. The molecule has 1 heterocycles. The van der Waals surface area contributed by atoms with Crippen molar-refractivity contribution in [1.29, 1.82) is 0 Å². The van der Waals surface area contributed by atoms with Gasteiger partial charge in [0, 0.05) is 5.56 Å². The lowest BCUT2D eigenvalue weighted by Gasteiger charge is -2.00. The molecule has 0 radical (unpaired) electrons. The monoisotopic (exact) mass is 237 g/mol. The Morgan fingerprint density at radius 1 is 1.31 bits per heavy atom. The second-order valence-electron chi connectivity index (χ2n) is 3.21. The SMILES string of the molecule is Nc1cc(-c2ccc(C(=O)O)o2)ccc1Cl. The highest BCUT2D eigenvalue weighted by Gasteiger charge is 2.10. The number of furan rings is 1. The molecule has 0 aliphatic carbocycles. The van der Waals surface area contributed by atoms with Crippen molar-refractivity contribution in [2.24, 2.45) is 0 Å². The zero-order valence-corrected chi connectivity index (χ0v) is 8.86. The number of benzene rings is 1. The molecule has 3 N–H and O–H groups in total. The minimum Gasteiger partial charge on any atom is -0.475 e. The Bertz CT molecular complexity index is 548. The number of aromatic carboxylic acids is 1. The largest absolute Gasteiger partial charge is 0.475 e. The highest BCUT2D eigenvalue weighted by molar-refractivity contribution is 6.33. The van der Waals surface area contributed by atoms with E-state index in [1.54, 1.807) is 24.3 Å². The normalized spacial score (nSPS) is 10.3. The first-order valence-corrected chi connectivity index (χ1v) is 4.84. The van der Waals surface area contributed by atoms with Crippen LogP contribution in [0.4, 0.5) is 5.69 Å². The summed E-state index contributed by atoms with van der Waals surface area (Å²) in [5, 5.41) is 9.16. The molecule has 1 aromatic carbocycles. The van der Waals surface area contributed by atoms with Crippen LogP contribution < -0.4 is 5.73 Å². The Hall–Kier alpha value is -1.94. The van der Waals surface area contributed by atoms with Crippen LogP contribution in [0.5, 0.6) is 0 Å². The highest BCUT2D eigenvalue weighted by atomic mass is 35.5. The number of nitrogen functional groups attached to an aromatic ring is 1. The quantitative estimate of drug-likeness (QED) is 0.788. The van der Waals surface area contributed by atoms with E-state index in [-0.39, 0.29) is 5.76 Å². The number of carbonyl (C=O) groups is 1. The molecular weight excluding hydrogens is 230 g/mol. The molecule has 2 rings (SSSR count). The maximum absolute atomic E-state index is 10.6. The van der Waals surface area contributed by atoms with Gasteiger partial charge in [-0.05, 0) is 30.3 Å². The van der Waals surface area contributed by atoms with E-state index in [9.17, 15) is 4.79 Å². The molecule has 0 saturated carbocycles. The van der Waals surface area contributed by atoms with Crippen LogP contribution in [-0.2, 0) is 0 Å². The molecule has 4 nitrogen and oxygen atoms in total. The Balaban J connectivity index is 2.42. The number of anilines is 1. The molecule has 0 amide bonds. The molecule has 0 atom stereocenters. The fourth-order valence-electron chi connectivity index (χ4n) is 1.30. The van der Waals surface area contributed by atoms with Crippen LogP contribution >= 0.6 is 11.6 Å². The summed E-state index contributed by atoms with van der Waals surface area (Å²) in [7, 11) is 0. The Labute approximate surface area is 96.2 Å². The lowest BCUT2D eigenvalue weighted by molar-refractivity contribution is 0.0663. The van der Waals surface area contributed by atoms with E-state index < -0.39 is 5.97 Å². The number of carboxylic acids is 1. The van der Waals surface area contributed by atoms with Crippen LogP contribution in [-0.4, -0.2) is 11.1 Å². The number of hydrogen-bond acceptors (Lipinski definition) is 3. The van der Waals surface area contributed by atoms with Gasteiger partial charge in [-0.3, -0.25) is 0 Å². The molecule has 0 aliphatic rings. The van der Waals surface area contributed by atoms with Crippen molar-refractivity contribution in [1.82, 2.24) is 0 Å². The Kier molecular flexibility index (Phi) is 2.58. The van der Waals surface area contributed by atoms with Gasteiger partial charge in [-0.25, -0.2) is 4.79 Å². The molecule has 0 saturated heterocycles. The molecule has 0 bridgehead atoms. The molecule has 16 heavy (non-hydrogen) atoms. The molecule has 5 heteroatoms. The number of hydrogen-bond donors (Lipinski definition) is 2. The molecule has 0 spiro atoms. The van der Waals surface area contributed by atoms with Crippen molar-refractivity contribution in [2.75, 3.05) is 5.73 Å². The summed E-state index contributed by atoms with van der Waals surface area (Å²) in [5.74, 6) is -0.766. The van der Waals surface area contributed by atoms with Gasteiger partial charge < -0.3 is 15.3 Å². The first-order chi connectivity index (χ1) is 7.58. The van der Waals surface area contributed by atoms with Gasteiger partial charge in [0.1, 0.15) is 5.76 Å². The van der Waals surface area contributed by atoms with Crippen LogP contribution in [0, 0.1) is 0 Å². The predicted molar refractivity (Wildman–Crippen MR) is 60.5 cm³/mol. The van der Waals surface area contributed by atoms with Gasteiger partial charge in [0.05, 0.1) is 10.7 Å². The second-order valence-corrected chi connectivity index (χ2v) is 3.61. The second kappa shape index (κ2) is 3.90. The third-order valence-electron chi connectivity index (χ3n) is 2.10. The van der Waals surface area contributed by atoms with Gasteiger partial charge in [-0.1, -0.05) is 11.6 Å². The van der Waals surface area contributed by atoms with Crippen molar-refractivity contribution in [2.45, 2.75) is 0 Å². The predicted octanol–water partition coefficient (Wildman–Crippen LogP) is 2.88. The molecule has 0 aliphatic heterocycles. The maximum Gasteiger partial charge on any atom is 0.371 e. The van der Waals surface area contributed by atoms with Gasteiger partial charge in [0.15, 0.2) is 0 Å². The summed E-state index contributed by atoms with van der Waals surface area (Å²) in [6.45, 7) is 0. The van der Waals surface area contributed by atoms with Crippen molar-refractivity contribution in [3.8, 4) is 11.3 Å². The average molecular weight is 238 g/mol. The van der Waals surface area contributed by atoms with Gasteiger partial charge in [0.2, 0.25) is 5.76 Å². The topological polar surface area (TPSA) is 76.5 Å². The lowest BCUT2D eigenvalue weighted by Crippen LogP contribution is -1.91. The van der Waals surface area contributed by atoms with Crippen molar-refractivity contribution < 1.29 is 14.3 Å². The summed E-state index contributed by atoms with van der Waals surface area (Å²) < 4.78 is 5.13. The number of nitrogens with two attached hydrogens (primary N) is 1. The first kappa shape index (κ1) is 10.6. The fourth-order valence-corrected chi connectivity index (χ4v) is 1.42. The number of carboxylic acid groups (broad SMARTS) is 1. The van der Waals surface area contributed by atoms with E-state index in [0.717, 1.165) is 0 Å². The van der Waals surface area contributed by atoms with E-state index in [1.807, 2.05) is 0 Å². The zero-order valence-electron chi connectivity index (χ0n) is 8.11. The van der Waals surface area contributed by atoms with E-state index in [2.05, 4.69) is 0 Å². The zero-order chi connectivity index (χ0) is 11.7. The molecule has 2 aromatic rings. The molecule has 82 valence electrons. The third-order valence-corrected chi connectivity index (χ3v) is 2.44. The van der Waals surface area contributed by atoms with Gasteiger partial charge in [-0.15, -0.1) is 0 Å². The Morgan fingerprint density at radius 2 is 2.06 bits per heavy atom. The standard InChI is InChI=1S/C11H8ClNO3/c12-7-2-1-6(5-8(7)13)9-3-4-10(16-9)11(14)15/h1-5H,13H2,(H,14,15). The molecular formula is C11H8ClNO3. The van der Waals surface area contributed by atoms with E-state index in [0.29, 0.717) is 22.0 Å². The van der Waals surface area contributed by atoms with Crippen molar-refractivity contribution in [3.63, 3.8) is 0 Å². The summed E-state index contributed by atoms with van der Waals surface area (Å²) in [6, 6.07) is 7.94. The minimum absolute atomic E-state index is 0.108. The van der Waals surface area contributed by atoms with E-state index in [4.69, 9.17) is 26.9 Å². The van der Waals surface area contributed by atoms with Gasteiger partial charge >= 0.3 is 5.97 Å². The third kappa shape index (κ3) is 1.87. The van der Waals surface area contributed by atoms with Gasteiger partial charge in [-0.2, -0.15) is 0 Å². The van der Waals surface area contributed by atoms with Crippen LogP contribution in [0.25, 0.3) is 11.3 Å². The molecule has 0 fully saturated rings. The average Bonchev–Trinajstić information content (AvgIpc) is 2.71. The molecule has 0 unspecified atom stereocenters. The minimum atomic E-state index is -1.10. The summed E-state index contributed by atoms with van der Waals surface area (Å²) >= 11 is 5.77. The van der Waals surface area contributed by atoms with E-state index in [1.165, 1.54) is 6.07 Å². The summed E-state index contributed by atoms with van der Waals surface area (Å²) in [5.41, 5.74) is 6.75. The van der Waals surface area contributed by atoms with Crippen LogP contribution in [0.2, 0.25) is 5.02 Å². The lowest BCUT2D eigenvalue weighted by atomic mass is 10.1. The Morgan fingerprint density at radius 3 is 2.62 bits per heavy atom. The van der Waals surface area contributed by atoms with Crippen molar-refractivity contribution in [3.05, 3.63) is 41.1 Å². The fraction of sp³-hybridized carbons (Fsp3) is 0. The first-order valence-electron chi connectivity index (χ1n) is 4.46. The maximum atomic E-state index is 10.6. The number of halogens is 1. The smallest absolute Gasteiger partial charge is 0.371 e. The van der Waals surface area contributed by atoms with Crippen LogP contribution in [0.1, 0.15) is 10.6 Å². The summed E-state index contributed by atoms with van der Waals surface area (Å²) in [6.07, 6.45) is 0. The number of rotatable bonds is 2. The summed E-state index contributed by atoms with van der Waals surface area (Å²) in [4.78, 5) is 10.6. The van der Waals surface area contributed by atoms with Crippen LogP contribution in [0.15, 0.2) is 34.7 Å². The van der Waals surface area contributed by atoms with Crippen molar-refractivity contribution >= 4 is 23.3 Å². The van der Waals surface area contributed by atoms with Crippen LogP contribution in [0.3, 0.4) is 0 Å². The van der Waals surface area contributed by atoms with E-state index >= 15 is 0 Å².